The van der Waals surface area contributed by atoms with Crippen LogP contribution in [-0.2, 0) is 0 Å². The normalized spacial score (nSPS) is 11.8. The summed E-state index contributed by atoms with van der Waals surface area (Å²) in [4.78, 5) is 15.5. The molecule has 0 bridgehead atoms. The number of aromatic nitrogens is 3. The van der Waals surface area contributed by atoms with Crippen molar-refractivity contribution in [3.63, 3.8) is 0 Å². The van der Waals surface area contributed by atoms with E-state index in [2.05, 4.69) is 170 Å². The van der Waals surface area contributed by atoms with Gasteiger partial charge in [-0.2, -0.15) is 0 Å². The van der Waals surface area contributed by atoms with Crippen molar-refractivity contribution in [2.24, 2.45) is 0 Å². The summed E-state index contributed by atoms with van der Waals surface area (Å²) in [6, 6.07) is 65.9. The molecule has 0 unspecified atom stereocenters. The molecule has 270 valence electrons. The molecule has 0 saturated heterocycles. The highest BCUT2D eigenvalue weighted by molar-refractivity contribution is 7.25. The predicted octanol–water partition coefficient (Wildman–Crippen LogP) is 14.8. The minimum absolute atomic E-state index is 0.706. The first-order chi connectivity index (χ1) is 28.7. The Hall–Kier alpha value is -7.47. The molecule has 0 spiro atoms. The summed E-state index contributed by atoms with van der Waals surface area (Å²) >= 11 is 1.81. The predicted molar refractivity (Wildman–Crippen MR) is 242 cm³/mol. The van der Waals surface area contributed by atoms with E-state index in [4.69, 9.17) is 19.4 Å². The van der Waals surface area contributed by atoms with E-state index >= 15 is 0 Å². The topological polar surface area (TPSA) is 51.8 Å². The molecule has 4 aromatic heterocycles. The molecule has 4 nitrogen and oxygen atoms in total. The Labute approximate surface area is 337 Å². The molecule has 58 heavy (non-hydrogen) atoms. The molecule has 0 fully saturated rings. The Morgan fingerprint density at radius 1 is 0.362 bits per heavy atom. The van der Waals surface area contributed by atoms with Gasteiger partial charge in [0.05, 0.1) is 22.6 Å². The third-order valence-electron chi connectivity index (χ3n) is 11.3. The Bertz CT molecular complexity index is 3550. The van der Waals surface area contributed by atoms with Gasteiger partial charge in [-0.25, -0.2) is 15.0 Å². The van der Waals surface area contributed by atoms with Crippen molar-refractivity contribution in [3.8, 4) is 56.3 Å². The first-order valence-corrected chi connectivity index (χ1v) is 20.2. The Morgan fingerprint density at radius 2 is 0.948 bits per heavy atom. The van der Waals surface area contributed by atoms with Crippen molar-refractivity contribution in [3.05, 3.63) is 188 Å². The SMILES string of the molecule is c1ccc(-c2cc(-c3ccc(-c4cccc5c4oc4c5ccc5c(-c6ccccc6)nc6ccccc6c54)cc3)nc(-c3ccc4c(c3)sc3ccccc34)n2)cc1. The lowest BCUT2D eigenvalue weighted by Crippen LogP contribution is -1.96. The summed E-state index contributed by atoms with van der Waals surface area (Å²) in [6.45, 7) is 0. The minimum atomic E-state index is 0.706. The van der Waals surface area contributed by atoms with Gasteiger partial charge in [0.25, 0.3) is 0 Å². The van der Waals surface area contributed by atoms with Crippen molar-refractivity contribution >= 4 is 75.1 Å². The second kappa shape index (κ2) is 13.1. The molecule has 5 heteroatoms. The van der Waals surface area contributed by atoms with E-state index in [-0.39, 0.29) is 0 Å². The van der Waals surface area contributed by atoms with Gasteiger partial charge in [-0.3, -0.25) is 0 Å². The van der Waals surface area contributed by atoms with Crippen molar-refractivity contribution < 1.29 is 4.42 Å². The lowest BCUT2D eigenvalue weighted by Gasteiger charge is -2.10. The van der Waals surface area contributed by atoms with E-state index in [9.17, 15) is 0 Å². The van der Waals surface area contributed by atoms with Crippen LogP contribution >= 0.6 is 11.3 Å². The van der Waals surface area contributed by atoms with Crippen molar-refractivity contribution in [2.45, 2.75) is 0 Å². The average Bonchev–Trinajstić information content (AvgIpc) is 3.87. The van der Waals surface area contributed by atoms with Gasteiger partial charge in [0.15, 0.2) is 5.82 Å². The standard InChI is InChI=1S/C53H31N3OS/c1-3-12-33(13-4-1)45-31-46(56-53(55-45)36-26-27-39-38-16-8-10-21-47(38)58-48(39)30-36)34-24-22-32(23-25-34)37-18-11-19-40-41-28-29-43-49(52(41)57-51(37)40)42-17-7-9-20-44(42)54-50(43)35-14-5-2-6-15-35/h1-31H. The van der Waals surface area contributed by atoms with Crippen LogP contribution in [0.3, 0.4) is 0 Å². The molecule has 0 aliphatic heterocycles. The van der Waals surface area contributed by atoms with Crippen LogP contribution in [0.1, 0.15) is 0 Å². The fourth-order valence-electron chi connectivity index (χ4n) is 8.50. The molecule has 12 aromatic rings. The van der Waals surface area contributed by atoms with Crippen LogP contribution in [0.25, 0.3) is 120 Å². The van der Waals surface area contributed by atoms with Crippen LogP contribution in [-0.4, -0.2) is 15.0 Å². The van der Waals surface area contributed by atoms with Crippen molar-refractivity contribution in [1.82, 2.24) is 15.0 Å². The molecule has 0 saturated carbocycles. The maximum atomic E-state index is 7.00. The quantitative estimate of drug-likeness (QED) is 0.164. The second-order valence-corrected chi connectivity index (χ2v) is 15.8. The zero-order valence-corrected chi connectivity index (χ0v) is 31.9. The monoisotopic (exact) mass is 757 g/mol. The number of para-hydroxylation sites is 2. The van der Waals surface area contributed by atoms with Crippen molar-refractivity contribution in [2.75, 3.05) is 0 Å². The van der Waals surface area contributed by atoms with Gasteiger partial charge < -0.3 is 4.42 Å². The summed E-state index contributed by atoms with van der Waals surface area (Å²) in [6.07, 6.45) is 0. The first kappa shape index (κ1) is 32.7. The second-order valence-electron chi connectivity index (χ2n) is 14.7. The number of benzene rings is 8. The van der Waals surface area contributed by atoms with Crippen molar-refractivity contribution in [1.29, 1.82) is 0 Å². The van der Waals surface area contributed by atoms with Gasteiger partial charge in [0.1, 0.15) is 11.2 Å². The van der Waals surface area contributed by atoms with E-state index in [1.807, 2.05) is 29.5 Å². The van der Waals surface area contributed by atoms with Gasteiger partial charge in [-0.1, -0.05) is 158 Å². The number of rotatable bonds is 5. The molecule has 4 heterocycles. The number of thiophene rings is 1. The van der Waals surface area contributed by atoms with Crippen LogP contribution in [0.15, 0.2) is 192 Å². The fraction of sp³-hybridized carbons (Fsp3) is 0. The molecule has 0 aliphatic rings. The highest BCUT2D eigenvalue weighted by Gasteiger charge is 2.19. The van der Waals surface area contributed by atoms with Crippen LogP contribution in [0.5, 0.6) is 0 Å². The van der Waals surface area contributed by atoms with E-state index in [1.165, 1.54) is 20.2 Å². The van der Waals surface area contributed by atoms with Gasteiger partial charge in [0.2, 0.25) is 0 Å². The average molecular weight is 758 g/mol. The largest absolute Gasteiger partial charge is 0.455 e. The maximum Gasteiger partial charge on any atom is 0.160 e. The molecular weight excluding hydrogens is 727 g/mol. The molecule has 0 amide bonds. The van der Waals surface area contributed by atoms with E-state index < -0.39 is 0 Å². The molecule has 0 radical (unpaired) electrons. The zero-order chi connectivity index (χ0) is 38.2. The van der Waals surface area contributed by atoms with E-state index in [0.29, 0.717) is 5.82 Å². The number of fused-ring (bicyclic) bond motifs is 10. The molecule has 8 aromatic carbocycles. The highest BCUT2D eigenvalue weighted by Crippen LogP contribution is 2.43. The summed E-state index contributed by atoms with van der Waals surface area (Å²) in [5.41, 5.74) is 11.7. The zero-order valence-electron chi connectivity index (χ0n) is 31.1. The van der Waals surface area contributed by atoms with Gasteiger partial charge in [-0.15, -0.1) is 11.3 Å². The summed E-state index contributed by atoms with van der Waals surface area (Å²) in [5, 5.41) is 7.95. The van der Waals surface area contributed by atoms with E-state index in [1.54, 1.807) is 0 Å². The molecule has 12 rings (SSSR count). The molecular formula is C53H31N3OS. The van der Waals surface area contributed by atoms with Crippen LogP contribution < -0.4 is 0 Å². The maximum absolute atomic E-state index is 7.00. The minimum Gasteiger partial charge on any atom is -0.455 e. The number of pyridine rings is 1. The summed E-state index contributed by atoms with van der Waals surface area (Å²) < 4.78 is 9.51. The highest BCUT2D eigenvalue weighted by atomic mass is 32.1. The third-order valence-corrected chi connectivity index (χ3v) is 12.4. The molecule has 0 atom stereocenters. The lowest BCUT2D eigenvalue weighted by atomic mass is 9.97. The summed E-state index contributed by atoms with van der Waals surface area (Å²) in [5.74, 6) is 0.706. The van der Waals surface area contributed by atoms with Gasteiger partial charge in [0, 0.05) is 74.9 Å². The molecule has 0 N–H and O–H groups in total. The van der Waals surface area contributed by atoms with Crippen LogP contribution in [0.2, 0.25) is 0 Å². The smallest absolute Gasteiger partial charge is 0.160 e. The van der Waals surface area contributed by atoms with Gasteiger partial charge >= 0.3 is 0 Å². The first-order valence-electron chi connectivity index (χ1n) is 19.4. The number of nitrogens with zero attached hydrogens (tertiary/aromatic N) is 3. The molecule has 0 aliphatic carbocycles. The number of hydrogen-bond acceptors (Lipinski definition) is 5. The third kappa shape index (κ3) is 5.25. The number of furan rings is 1. The lowest BCUT2D eigenvalue weighted by molar-refractivity contribution is 0.674. The Morgan fingerprint density at radius 3 is 1.76 bits per heavy atom. The fourth-order valence-corrected chi connectivity index (χ4v) is 9.65. The Kier molecular flexibility index (Phi) is 7.37. The Balaban J connectivity index is 0.987. The van der Waals surface area contributed by atoms with Crippen LogP contribution in [0.4, 0.5) is 0 Å². The van der Waals surface area contributed by atoms with Crippen LogP contribution in [0, 0.1) is 0 Å². The van der Waals surface area contributed by atoms with Gasteiger partial charge in [-0.05, 0) is 35.9 Å². The number of hydrogen-bond donors (Lipinski definition) is 0. The van der Waals surface area contributed by atoms with E-state index in [0.717, 1.165) is 94.1 Å². The summed E-state index contributed by atoms with van der Waals surface area (Å²) in [7, 11) is 0.